The number of halogens is 1. The first-order valence-electron chi connectivity index (χ1n) is 8.31. The summed E-state index contributed by atoms with van der Waals surface area (Å²) >= 11 is 5.87. The van der Waals surface area contributed by atoms with Crippen LogP contribution in [-0.4, -0.2) is 15.9 Å². The molecule has 26 heavy (non-hydrogen) atoms. The molecule has 2 N–H and O–H groups in total. The number of carbonyl (C=O) groups excluding carboxylic acids is 1. The molecule has 1 amide bonds. The smallest absolute Gasteiger partial charge is 0.275 e. The summed E-state index contributed by atoms with van der Waals surface area (Å²) in [5.74, 6) is 0.272. The Morgan fingerprint density at radius 1 is 1.08 bits per heavy atom. The van der Waals surface area contributed by atoms with Gasteiger partial charge < -0.3 is 10.6 Å². The van der Waals surface area contributed by atoms with E-state index in [-0.39, 0.29) is 11.6 Å². The molecule has 0 unspecified atom stereocenters. The van der Waals surface area contributed by atoms with Gasteiger partial charge in [-0.2, -0.15) is 0 Å². The summed E-state index contributed by atoms with van der Waals surface area (Å²) in [7, 11) is 0. The van der Waals surface area contributed by atoms with Crippen molar-refractivity contribution in [2.75, 3.05) is 10.6 Å². The second kappa shape index (κ2) is 7.97. The summed E-state index contributed by atoms with van der Waals surface area (Å²) in [5.41, 5.74) is 4.05. The highest BCUT2D eigenvalue weighted by molar-refractivity contribution is 6.30. The molecule has 3 aromatic rings. The summed E-state index contributed by atoms with van der Waals surface area (Å²) in [4.78, 5) is 21.0. The molecule has 0 radical (unpaired) electrons. The van der Waals surface area contributed by atoms with E-state index in [1.165, 1.54) is 12.4 Å². The van der Waals surface area contributed by atoms with Crippen LogP contribution in [0.15, 0.2) is 54.9 Å². The van der Waals surface area contributed by atoms with Gasteiger partial charge >= 0.3 is 0 Å². The Kier molecular flexibility index (Phi) is 5.49. The largest absolute Gasteiger partial charge is 0.339 e. The van der Waals surface area contributed by atoms with E-state index >= 15 is 0 Å². The van der Waals surface area contributed by atoms with Crippen LogP contribution in [0.5, 0.6) is 0 Å². The van der Waals surface area contributed by atoms with Gasteiger partial charge in [0.15, 0.2) is 0 Å². The van der Waals surface area contributed by atoms with E-state index in [1.54, 1.807) is 12.1 Å². The maximum Gasteiger partial charge on any atom is 0.275 e. The van der Waals surface area contributed by atoms with E-state index in [4.69, 9.17) is 11.6 Å². The number of aromatic nitrogens is 2. The molecule has 5 nitrogen and oxygen atoms in total. The standard InChI is InChI=1S/C20H19ClN4O/c1-3-14-6-4-5-13(2)19(14)25-20(26)17-11-23-18(12-22-17)24-16-9-7-15(21)8-10-16/h4-12H,3H2,1-2H3,(H,23,24)(H,25,26). The molecule has 0 aliphatic carbocycles. The van der Waals surface area contributed by atoms with Crippen LogP contribution in [0.25, 0.3) is 0 Å². The maximum atomic E-state index is 12.5. The number of benzene rings is 2. The highest BCUT2D eigenvalue weighted by Crippen LogP contribution is 2.22. The SMILES string of the molecule is CCc1cccc(C)c1NC(=O)c1cnc(Nc2ccc(Cl)cc2)cn1. The third kappa shape index (κ3) is 4.18. The molecule has 0 aliphatic heterocycles. The van der Waals surface area contributed by atoms with Crippen LogP contribution in [0.2, 0.25) is 5.02 Å². The van der Waals surface area contributed by atoms with Crippen LogP contribution >= 0.6 is 11.6 Å². The van der Waals surface area contributed by atoms with Crippen LogP contribution in [0.4, 0.5) is 17.2 Å². The Hall–Kier alpha value is -2.92. The lowest BCUT2D eigenvalue weighted by Crippen LogP contribution is -2.16. The molecule has 0 atom stereocenters. The van der Waals surface area contributed by atoms with Gasteiger partial charge in [-0.25, -0.2) is 9.97 Å². The Morgan fingerprint density at radius 3 is 2.50 bits per heavy atom. The number of carbonyl (C=O) groups is 1. The lowest BCUT2D eigenvalue weighted by molar-refractivity contribution is 0.102. The molecule has 0 saturated heterocycles. The zero-order valence-electron chi connectivity index (χ0n) is 14.6. The lowest BCUT2D eigenvalue weighted by Gasteiger charge is -2.12. The Bertz CT molecular complexity index is 908. The molecule has 0 spiro atoms. The van der Waals surface area contributed by atoms with Crippen molar-refractivity contribution in [2.24, 2.45) is 0 Å². The molecular formula is C20H19ClN4O. The number of amides is 1. The molecule has 0 saturated carbocycles. The Morgan fingerprint density at radius 2 is 1.85 bits per heavy atom. The number of para-hydroxylation sites is 1. The fourth-order valence-corrected chi connectivity index (χ4v) is 2.70. The molecule has 0 fully saturated rings. The predicted molar refractivity (Wildman–Crippen MR) is 105 cm³/mol. The zero-order chi connectivity index (χ0) is 18.5. The molecule has 1 heterocycles. The minimum Gasteiger partial charge on any atom is -0.339 e. The quantitative estimate of drug-likeness (QED) is 0.667. The number of anilines is 3. The molecule has 0 aliphatic rings. The van der Waals surface area contributed by atoms with Crippen molar-refractivity contribution in [1.82, 2.24) is 9.97 Å². The van der Waals surface area contributed by atoms with Crippen molar-refractivity contribution in [3.8, 4) is 0 Å². The molecule has 0 bridgehead atoms. The van der Waals surface area contributed by atoms with Crippen LogP contribution in [0, 0.1) is 6.92 Å². The predicted octanol–water partition coefficient (Wildman–Crippen LogP) is 5.00. The highest BCUT2D eigenvalue weighted by Gasteiger charge is 2.12. The average Bonchev–Trinajstić information content (AvgIpc) is 2.65. The van der Waals surface area contributed by atoms with Gasteiger partial charge in [0.05, 0.1) is 12.4 Å². The second-order valence-corrected chi connectivity index (χ2v) is 6.27. The van der Waals surface area contributed by atoms with Crippen LogP contribution in [0.1, 0.15) is 28.5 Å². The minimum atomic E-state index is -0.278. The third-order valence-corrected chi connectivity index (χ3v) is 4.23. The van der Waals surface area contributed by atoms with Crippen molar-refractivity contribution in [3.63, 3.8) is 0 Å². The summed E-state index contributed by atoms with van der Waals surface area (Å²) in [5, 5.41) is 6.72. The van der Waals surface area contributed by atoms with E-state index in [0.29, 0.717) is 10.8 Å². The highest BCUT2D eigenvalue weighted by atomic mass is 35.5. The number of nitrogens with one attached hydrogen (secondary N) is 2. The van der Waals surface area contributed by atoms with Gasteiger partial charge in [0.1, 0.15) is 11.5 Å². The molecule has 2 aromatic carbocycles. The fraction of sp³-hybridized carbons (Fsp3) is 0.150. The Labute approximate surface area is 157 Å². The fourth-order valence-electron chi connectivity index (χ4n) is 2.57. The van der Waals surface area contributed by atoms with Crippen molar-refractivity contribution in [1.29, 1.82) is 0 Å². The molecule has 6 heteroatoms. The van der Waals surface area contributed by atoms with Gasteiger partial charge in [-0.3, -0.25) is 4.79 Å². The second-order valence-electron chi connectivity index (χ2n) is 5.84. The normalized spacial score (nSPS) is 10.4. The van der Waals surface area contributed by atoms with Crippen LogP contribution in [-0.2, 0) is 6.42 Å². The maximum absolute atomic E-state index is 12.5. The van der Waals surface area contributed by atoms with Gasteiger partial charge in [-0.15, -0.1) is 0 Å². The number of hydrogen-bond donors (Lipinski definition) is 2. The number of nitrogens with zero attached hydrogens (tertiary/aromatic N) is 2. The van der Waals surface area contributed by atoms with Crippen LogP contribution < -0.4 is 10.6 Å². The van der Waals surface area contributed by atoms with Crippen molar-refractivity contribution in [3.05, 3.63) is 76.7 Å². The molecule has 1 aromatic heterocycles. The molecule has 132 valence electrons. The van der Waals surface area contributed by atoms with Gasteiger partial charge in [0, 0.05) is 16.4 Å². The van der Waals surface area contributed by atoms with Crippen molar-refractivity contribution >= 4 is 34.7 Å². The number of hydrogen-bond acceptors (Lipinski definition) is 4. The summed E-state index contributed by atoms with van der Waals surface area (Å²) in [6.07, 6.45) is 3.83. The first kappa shape index (κ1) is 17.9. The summed E-state index contributed by atoms with van der Waals surface area (Å²) in [6.45, 7) is 4.03. The topological polar surface area (TPSA) is 66.9 Å². The lowest BCUT2D eigenvalue weighted by atomic mass is 10.1. The molecule has 3 rings (SSSR count). The zero-order valence-corrected chi connectivity index (χ0v) is 15.3. The molecular weight excluding hydrogens is 348 g/mol. The van der Waals surface area contributed by atoms with E-state index in [0.717, 1.165) is 28.9 Å². The van der Waals surface area contributed by atoms with Gasteiger partial charge in [-0.05, 0) is 48.7 Å². The third-order valence-electron chi connectivity index (χ3n) is 3.98. The van der Waals surface area contributed by atoms with Gasteiger partial charge in [0.2, 0.25) is 0 Å². The number of aryl methyl sites for hydroxylation is 2. The van der Waals surface area contributed by atoms with E-state index < -0.39 is 0 Å². The number of rotatable bonds is 5. The monoisotopic (exact) mass is 366 g/mol. The first-order chi connectivity index (χ1) is 12.6. The summed E-state index contributed by atoms with van der Waals surface area (Å²) < 4.78 is 0. The average molecular weight is 367 g/mol. The minimum absolute atomic E-state index is 0.261. The van der Waals surface area contributed by atoms with Gasteiger partial charge in [-0.1, -0.05) is 36.7 Å². The van der Waals surface area contributed by atoms with Crippen LogP contribution in [0.3, 0.4) is 0 Å². The van der Waals surface area contributed by atoms with E-state index in [9.17, 15) is 4.79 Å². The van der Waals surface area contributed by atoms with Gasteiger partial charge in [0.25, 0.3) is 5.91 Å². The van der Waals surface area contributed by atoms with Crippen molar-refractivity contribution in [2.45, 2.75) is 20.3 Å². The van der Waals surface area contributed by atoms with E-state index in [2.05, 4.69) is 27.5 Å². The summed E-state index contributed by atoms with van der Waals surface area (Å²) in [6, 6.07) is 13.2. The first-order valence-corrected chi connectivity index (χ1v) is 8.69. The van der Waals surface area contributed by atoms with E-state index in [1.807, 2.05) is 37.3 Å². The van der Waals surface area contributed by atoms with Crippen molar-refractivity contribution < 1.29 is 4.79 Å². The Balaban J connectivity index is 1.72.